The molecule has 0 bridgehead atoms. The van der Waals surface area contributed by atoms with Crippen molar-refractivity contribution in [2.24, 2.45) is 0 Å². The third kappa shape index (κ3) is 3.28. The molecule has 3 rings (SSSR count). The van der Waals surface area contributed by atoms with Gasteiger partial charge in [-0.3, -0.25) is 4.79 Å². The zero-order chi connectivity index (χ0) is 14.7. The maximum Gasteiger partial charge on any atom is 0.226 e. The van der Waals surface area contributed by atoms with E-state index < -0.39 is 0 Å². The number of rotatable bonds is 5. The van der Waals surface area contributed by atoms with Crippen molar-refractivity contribution in [1.29, 1.82) is 0 Å². The van der Waals surface area contributed by atoms with Crippen LogP contribution < -0.4 is 5.32 Å². The number of hydrogen-bond donors (Lipinski definition) is 1. The lowest BCUT2D eigenvalue weighted by atomic mass is 10.2. The lowest BCUT2D eigenvalue weighted by molar-refractivity contribution is -0.120. The Bertz CT molecular complexity index is 703. The lowest BCUT2D eigenvalue weighted by Crippen LogP contribution is -2.28. The Morgan fingerprint density at radius 1 is 1.38 bits per heavy atom. The summed E-state index contributed by atoms with van der Waals surface area (Å²) in [5.41, 5.74) is 1.65. The van der Waals surface area contributed by atoms with Crippen molar-refractivity contribution in [2.45, 2.75) is 19.3 Å². The fraction of sp³-hybridized carbons (Fsp3) is 0.267. The average molecular weight is 301 g/mol. The smallest absolute Gasteiger partial charge is 0.226 e. The molecule has 0 unspecified atom stereocenters. The van der Waals surface area contributed by atoms with E-state index in [0.717, 1.165) is 10.5 Å². The van der Waals surface area contributed by atoms with Gasteiger partial charge in [-0.25, -0.2) is 4.98 Å². The number of carbonyl (C=O) groups is 1. The Balaban J connectivity index is 1.58. The van der Waals surface area contributed by atoms with Gasteiger partial charge in [0.25, 0.3) is 0 Å². The van der Waals surface area contributed by atoms with Crippen LogP contribution in [0.1, 0.15) is 23.5 Å². The van der Waals surface area contributed by atoms with Gasteiger partial charge in [0.1, 0.15) is 6.26 Å². The van der Waals surface area contributed by atoms with Crippen molar-refractivity contribution in [1.82, 2.24) is 15.5 Å². The predicted octanol–water partition coefficient (Wildman–Crippen LogP) is 2.75. The van der Waals surface area contributed by atoms with Crippen molar-refractivity contribution >= 4 is 27.5 Å². The summed E-state index contributed by atoms with van der Waals surface area (Å²) in [6, 6.07) is 9.75. The van der Waals surface area contributed by atoms with Crippen LogP contribution in [0.3, 0.4) is 0 Å². The number of nitrogens with one attached hydrogen (secondary N) is 1. The zero-order valence-corrected chi connectivity index (χ0v) is 12.4. The largest absolute Gasteiger partial charge is 0.364 e. The van der Waals surface area contributed by atoms with Crippen molar-refractivity contribution in [2.75, 3.05) is 6.54 Å². The predicted molar refractivity (Wildman–Crippen MR) is 81.3 cm³/mol. The van der Waals surface area contributed by atoms with Gasteiger partial charge >= 0.3 is 0 Å². The normalized spacial score (nSPS) is 12.4. The van der Waals surface area contributed by atoms with Gasteiger partial charge in [-0.05, 0) is 12.1 Å². The molecule has 0 radical (unpaired) electrons. The first-order chi connectivity index (χ1) is 10.2. The van der Waals surface area contributed by atoms with Crippen LogP contribution in [-0.2, 0) is 11.2 Å². The first kappa shape index (κ1) is 13.8. The molecule has 3 aromatic rings. The maximum absolute atomic E-state index is 11.8. The van der Waals surface area contributed by atoms with Gasteiger partial charge in [-0.15, -0.1) is 11.3 Å². The van der Waals surface area contributed by atoms with E-state index >= 15 is 0 Å². The van der Waals surface area contributed by atoms with Gasteiger partial charge in [0.2, 0.25) is 5.91 Å². The molecule has 2 heterocycles. The van der Waals surface area contributed by atoms with Crippen LogP contribution in [-0.4, -0.2) is 22.6 Å². The number of benzene rings is 1. The van der Waals surface area contributed by atoms with Crippen LogP contribution in [0.25, 0.3) is 10.2 Å². The number of aromatic nitrogens is 2. The number of nitrogens with zero attached hydrogens (tertiary/aromatic N) is 2. The third-order valence-corrected chi connectivity index (χ3v) is 4.44. The Kier molecular flexibility index (Phi) is 3.96. The minimum Gasteiger partial charge on any atom is -0.364 e. The summed E-state index contributed by atoms with van der Waals surface area (Å²) in [6.45, 7) is 2.63. The molecular formula is C15H15N3O2S. The molecule has 6 heteroatoms. The summed E-state index contributed by atoms with van der Waals surface area (Å²) >= 11 is 1.67. The van der Waals surface area contributed by atoms with Crippen LogP contribution in [0.5, 0.6) is 0 Å². The highest BCUT2D eigenvalue weighted by atomic mass is 32.1. The van der Waals surface area contributed by atoms with Crippen molar-refractivity contribution in [3.8, 4) is 0 Å². The number of amides is 1. The molecule has 5 nitrogen and oxygen atoms in total. The summed E-state index contributed by atoms with van der Waals surface area (Å²) in [7, 11) is 0. The van der Waals surface area contributed by atoms with E-state index in [1.165, 1.54) is 11.0 Å². The summed E-state index contributed by atoms with van der Waals surface area (Å²) in [6.07, 6.45) is 1.70. The lowest BCUT2D eigenvalue weighted by Gasteiger charge is -2.09. The van der Waals surface area contributed by atoms with Gasteiger partial charge < -0.3 is 9.84 Å². The average Bonchev–Trinajstić information content (AvgIpc) is 3.13. The van der Waals surface area contributed by atoms with Gasteiger partial charge in [-0.1, -0.05) is 24.2 Å². The van der Waals surface area contributed by atoms with Crippen LogP contribution in [0, 0.1) is 0 Å². The molecule has 2 aromatic heterocycles. The topological polar surface area (TPSA) is 68.0 Å². The van der Waals surface area contributed by atoms with E-state index in [1.54, 1.807) is 17.4 Å². The molecule has 0 aliphatic heterocycles. The second-order valence-corrected chi connectivity index (χ2v) is 5.95. The van der Waals surface area contributed by atoms with Crippen molar-refractivity contribution in [3.05, 3.63) is 47.3 Å². The van der Waals surface area contributed by atoms with E-state index in [0.29, 0.717) is 12.2 Å². The molecule has 21 heavy (non-hydrogen) atoms. The van der Waals surface area contributed by atoms with Crippen LogP contribution >= 0.6 is 11.3 Å². The zero-order valence-electron chi connectivity index (χ0n) is 11.6. The molecule has 108 valence electrons. The first-order valence-corrected chi connectivity index (χ1v) is 7.55. The Hall–Kier alpha value is -2.21. The van der Waals surface area contributed by atoms with Gasteiger partial charge in [0.15, 0.2) is 0 Å². The molecule has 0 saturated heterocycles. The molecular weight excluding hydrogens is 286 g/mol. The van der Waals surface area contributed by atoms with E-state index in [1.807, 2.05) is 18.2 Å². The molecule has 1 atom stereocenters. The number of hydrogen-bond acceptors (Lipinski definition) is 5. The number of carbonyl (C=O) groups excluding carboxylic acids is 1. The van der Waals surface area contributed by atoms with Gasteiger partial charge in [-0.2, -0.15) is 0 Å². The molecule has 1 amide bonds. The Morgan fingerprint density at radius 3 is 3.00 bits per heavy atom. The van der Waals surface area contributed by atoms with Gasteiger partial charge in [0, 0.05) is 18.5 Å². The maximum atomic E-state index is 11.8. The summed E-state index contributed by atoms with van der Waals surface area (Å²) in [5, 5.41) is 7.67. The van der Waals surface area contributed by atoms with E-state index in [2.05, 4.69) is 28.4 Å². The summed E-state index contributed by atoms with van der Waals surface area (Å²) in [4.78, 5) is 16.4. The second kappa shape index (κ2) is 6.05. The number of thiazole rings is 1. The van der Waals surface area contributed by atoms with Gasteiger partial charge in [0.05, 0.1) is 27.3 Å². The molecule has 1 aromatic carbocycles. The number of para-hydroxylation sites is 1. The Labute approximate surface area is 126 Å². The molecule has 1 N–H and O–H groups in total. The van der Waals surface area contributed by atoms with E-state index in [9.17, 15) is 4.79 Å². The highest BCUT2D eigenvalue weighted by Crippen LogP contribution is 2.26. The molecule has 0 aliphatic carbocycles. The fourth-order valence-electron chi connectivity index (χ4n) is 2.01. The highest BCUT2D eigenvalue weighted by Gasteiger charge is 2.13. The monoisotopic (exact) mass is 301 g/mol. The van der Waals surface area contributed by atoms with Crippen molar-refractivity contribution in [3.63, 3.8) is 0 Å². The van der Waals surface area contributed by atoms with Crippen molar-refractivity contribution < 1.29 is 9.32 Å². The quantitative estimate of drug-likeness (QED) is 0.787. The number of fused-ring (bicyclic) bond motifs is 1. The van der Waals surface area contributed by atoms with E-state index in [4.69, 9.17) is 4.52 Å². The first-order valence-electron chi connectivity index (χ1n) is 6.74. The third-order valence-electron chi connectivity index (χ3n) is 3.17. The van der Waals surface area contributed by atoms with Crippen LogP contribution in [0.4, 0.5) is 0 Å². The fourth-order valence-corrected chi connectivity index (χ4v) is 3.03. The SMILES string of the molecule is C[C@@H](CNC(=O)Cc1ccon1)c1nc2ccccc2s1. The summed E-state index contributed by atoms with van der Waals surface area (Å²) in [5.74, 6) is 0.125. The minimum atomic E-state index is -0.0585. The molecule has 0 spiro atoms. The highest BCUT2D eigenvalue weighted by molar-refractivity contribution is 7.18. The van der Waals surface area contributed by atoms with E-state index in [-0.39, 0.29) is 18.2 Å². The molecule has 0 fully saturated rings. The molecule has 0 aliphatic rings. The molecule has 0 saturated carbocycles. The Morgan fingerprint density at radius 2 is 2.24 bits per heavy atom. The second-order valence-electron chi connectivity index (χ2n) is 4.89. The standard InChI is InChI=1S/C15H15N3O2S/c1-10(9-16-14(19)8-11-6-7-20-18-11)15-17-12-4-2-3-5-13(12)21-15/h2-7,10H,8-9H2,1H3,(H,16,19)/t10-/m0/s1. The van der Waals surface area contributed by atoms with Crippen LogP contribution in [0.15, 0.2) is 41.1 Å². The van der Waals surface area contributed by atoms with Crippen LogP contribution in [0.2, 0.25) is 0 Å². The minimum absolute atomic E-state index is 0.0585. The summed E-state index contributed by atoms with van der Waals surface area (Å²) < 4.78 is 5.88.